The smallest absolute Gasteiger partial charge is 0.275 e. The van der Waals surface area contributed by atoms with Crippen LogP contribution in [-0.2, 0) is 13.6 Å². The lowest BCUT2D eigenvalue weighted by atomic mass is 10.1. The standard InChI is InChI=1S/C19H18FN3O2/c1-3-23(12-13-7-6-8-14(20)11-13)19(25)17-15-9-4-5-10-16(15)18(24)22(2)21-17/h4-11H,3,12H2,1-2H3. The molecular formula is C19H18FN3O2. The molecule has 0 radical (unpaired) electrons. The molecule has 0 aliphatic carbocycles. The number of halogens is 1. The average molecular weight is 339 g/mol. The highest BCUT2D eigenvalue weighted by atomic mass is 19.1. The first-order valence-corrected chi connectivity index (χ1v) is 8.01. The highest BCUT2D eigenvalue weighted by Crippen LogP contribution is 2.16. The molecule has 25 heavy (non-hydrogen) atoms. The number of aryl methyl sites for hydroxylation is 1. The Bertz CT molecular complexity index is 997. The van der Waals surface area contributed by atoms with Crippen LogP contribution in [0.1, 0.15) is 23.0 Å². The Morgan fingerprint density at radius 1 is 1.16 bits per heavy atom. The van der Waals surface area contributed by atoms with Crippen LogP contribution in [-0.4, -0.2) is 27.1 Å². The second-order valence-corrected chi connectivity index (χ2v) is 5.77. The van der Waals surface area contributed by atoms with Crippen molar-refractivity contribution in [2.75, 3.05) is 6.54 Å². The first-order chi connectivity index (χ1) is 12.0. The van der Waals surface area contributed by atoms with Crippen molar-refractivity contribution in [1.29, 1.82) is 0 Å². The third-order valence-electron chi connectivity index (χ3n) is 4.09. The van der Waals surface area contributed by atoms with E-state index in [0.717, 1.165) is 0 Å². The Balaban J connectivity index is 2.03. The molecule has 0 unspecified atom stereocenters. The molecule has 128 valence electrons. The van der Waals surface area contributed by atoms with Crippen LogP contribution in [0, 0.1) is 5.82 Å². The Hall–Kier alpha value is -3.02. The number of hydrogen-bond donors (Lipinski definition) is 0. The zero-order valence-corrected chi connectivity index (χ0v) is 14.1. The molecule has 0 aliphatic heterocycles. The lowest BCUT2D eigenvalue weighted by Gasteiger charge is -2.21. The summed E-state index contributed by atoms with van der Waals surface area (Å²) in [5.41, 5.74) is 0.667. The van der Waals surface area contributed by atoms with E-state index < -0.39 is 0 Å². The van der Waals surface area contributed by atoms with Crippen molar-refractivity contribution in [2.45, 2.75) is 13.5 Å². The van der Waals surface area contributed by atoms with Crippen LogP contribution in [0.4, 0.5) is 4.39 Å². The Morgan fingerprint density at radius 3 is 2.56 bits per heavy atom. The summed E-state index contributed by atoms with van der Waals surface area (Å²) in [6, 6.07) is 13.1. The number of hydrogen-bond acceptors (Lipinski definition) is 3. The largest absolute Gasteiger partial charge is 0.333 e. The molecule has 5 nitrogen and oxygen atoms in total. The van der Waals surface area contributed by atoms with Crippen LogP contribution in [0.15, 0.2) is 53.3 Å². The van der Waals surface area contributed by atoms with Gasteiger partial charge in [-0.3, -0.25) is 9.59 Å². The van der Waals surface area contributed by atoms with Gasteiger partial charge >= 0.3 is 0 Å². The Labute approximate surface area is 144 Å². The molecule has 0 saturated carbocycles. The van der Waals surface area contributed by atoms with E-state index >= 15 is 0 Å². The van der Waals surface area contributed by atoms with Gasteiger partial charge in [-0.05, 0) is 30.7 Å². The van der Waals surface area contributed by atoms with E-state index in [1.165, 1.54) is 23.9 Å². The van der Waals surface area contributed by atoms with Crippen molar-refractivity contribution in [3.05, 3.63) is 76.0 Å². The van der Waals surface area contributed by atoms with Crippen molar-refractivity contribution in [2.24, 2.45) is 7.05 Å². The maximum absolute atomic E-state index is 13.4. The summed E-state index contributed by atoms with van der Waals surface area (Å²) in [7, 11) is 1.52. The quantitative estimate of drug-likeness (QED) is 0.734. The van der Waals surface area contributed by atoms with Gasteiger partial charge in [0.05, 0.1) is 5.39 Å². The van der Waals surface area contributed by atoms with Crippen LogP contribution in [0.2, 0.25) is 0 Å². The number of rotatable bonds is 4. The predicted octanol–water partition coefficient (Wildman–Crippen LogP) is 2.73. The number of fused-ring (bicyclic) bond motifs is 1. The van der Waals surface area contributed by atoms with Crippen LogP contribution >= 0.6 is 0 Å². The van der Waals surface area contributed by atoms with Crippen LogP contribution < -0.4 is 5.56 Å². The van der Waals surface area contributed by atoms with E-state index in [4.69, 9.17) is 0 Å². The van der Waals surface area contributed by atoms with Gasteiger partial charge in [0.1, 0.15) is 5.82 Å². The molecule has 0 saturated heterocycles. The third kappa shape index (κ3) is 3.28. The van der Waals surface area contributed by atoms with Crippen molar-refractivity contribution < 1.29 is 9.18 Å². The summed E-state index contributed by atoms with van der Waals surface area (Å²) in [6.07, 6.45) is 0. The molecule has 0 spiro atoms. The Kier molecular flexibility index (Phi) is 4.61. The van der Waals surface area contributed by atoms with Crippen LogP contribution in [0.5, 0.6) is 0 Å². The molecule has 0 bridgehead atoms. The van der Waals surface area contributed by atoms with Gasteiger partial charge in [0.15, 0.2) is 5.69 Å². The minimum Gasteiger partial charge on any atom is -0.333 e. The van der Waals surface area contributed by atoms with E-state index in [0.29, 0.717) is 22.9 Å². The number of amides is 1. The van der Waals surface area contributed by atoms with Gasteiger partial charge in [0.25, 0.3) is 11.5 Å². The summed E-state index contributed by atoms with van der Waals surface area (Å²) in [5, 5.41) is 5.14. The first-order valence-electron chi connectivity index (χ1n) is 8.01. The zero-order chi connectivity index (χ0) is 18.0. The Morgan fingerprint density at radius 2 is 1.88 bits per heavy atom. The average Bonchev–Trinajstić information content (AvgIpc) is 2.62. The van der Waals surface area contributed by atoms with E-state index in [9.17, 15) is 14.0 Å². The first kappa shape index (κ1) is 16.8. The normalized spacial score (nSPS) is 10.8. The fourth-order valence-electron chi connectivity index (χ4n) is 2.79. The fourth-order valence-corrected chi connectivity index (χ4v) is 2.79. The molecule has 2 aromatic carbocycles. The summed E-state index contributed by atoms with van der Waals surface area (Å²) in [5.74, 6) is -0.634. The molecule has 0 aliphatic rings. The van der Waals surface area contributed by atoms with E-state index in [1.807, 2.05) is 6.92 Å². The molecule has 0 fully saturated rings. The molecule has 1 aromatic heterocycles. The maximum atomic E-state index is 13.4. The number of nitrogens with zero attached hydrogens (tertiary/aromatic N) is 3. The number of carbonyl (C=O) groups is 1. The fraction of sp³-hybridized carbons (Fsp3) is 0.211. The third-order valence-corrected chi connectivity index (χ3v) is 4.09. The van der Waals surface area contributed by atoms with E-state index in [1.54, 1.807) is 41.3 Å². The molecule has 1 amide bonds. The van der Waals surface area contributed by atoms with Gasteiger partial charge in [0, 0.05) is 25.5 Å². The van der Waals surface area contributed by atoms with Gasteiger partial charge in [0.2, 0.25) is 0 Å². The van der Waals surface area contributed by atoms with Crippen molar-refractivity contribution in [3.63, 3.8) is 0 Å². The molecule has 1 heterocycles. The highest BCUT2D eigenvalue weighted by Gasteiger charge is 2.21. The zero-order valence-electron chi connectivity index (χ0n) is 14.1. The van der Waals surface area contributed by atoms with Crippen molar-refractivity contribution in [3.8, 4) is 0 Å². The summed E-state index contributed by atoms with van der Waals surface area (Å²) >= 11 is 0. The van der Waals surface area contributed by atoms with Crippen LogP contribution in [0.25, 0.3) is 10.8 Å². The molecule has 3 aromatic rings. The van der Waals surface area contributed by atoms with Gasteiger partial charge < -0.3 is 4.90 Å². The number of carbonyl (C=O) groups excluding carboxylic acids is 1. The SMILES string of the molecule is CCN(Cc1cccc(F)c1)C(=O)c1nn(C)c(=O)c2ccccc12. The second-order valence-electron chi connectivity index (χ2n) is 5.77. The summed E-state index contributed by atoms with van der Waals surface area (Å²) in [4.78, 5) is 26.8. The van der Waals surface area contributed by atoms with Crippen molar-refractivity contribution >= 4 is 16.7 Å². The summed E-state index contributed by atoms with van der Waals surface area (Å²) in [6.45, 7) is 2.56. The number of aromatic nitrogens is 2. The molecule has 3 rings (SSSR count). The van der Waals surface area contributed by atoms with Gasteiger partial charge in [-0.25, -0.2) is 9.07 Å². The monoisotopic (exact) mass is 339 g/mol. The van der Waals surface area contributed by atoms with Gasteiger partial charge in [-0.2, -0.15) is 5.10 Å². The molecule has 6 heteroatoms. The minimum absolute atomic E-state index is 0.218. The molecule has 0 N–H and O–H groups in total. The van der Waals surface area contributed by atoms with Crippen molar-refractivity contribution in [1.82, 2.24) is 14.7 Å². The van der Waals surface area contributed by atoms with E-state index in [2.05, 4.69) is 5.10 Å². The number of benzene rings is 2. The summed E-state index contributed by atoms with van der Waals surface area (Å²) < 4.78 is 14.6. The highest BCUT2D eigenvalue weighted by molar-refractivity contribution is 6.04. The maximum Gasteiger partial charge on any atom is 0.275 e. The van der Waals surface area contributed by atoms with Crippen LogP contribution in [0.3, 0.4) is 0 Å². The second kappa shape index (κ2) is 6.84. The van der Waals surface area contributed by atoms with Gasteiger partial charge in [-0.15, -0.1) is 0 Å². The van der Waals surface area contributed by atoms with E-state index in [-0.39, 0.29) is 29.5 Å². The van der Waals surface area contributed by atoms with Gasteiger partial charge in [-0.1, -0.05) is 30.3 Å². The molecular weight excluding hydrogens is 321 g/mol. The molecule has 0 atom stereocenters. The minimum atomic E-state index is -0.341. The predicted molar refractivity (Wildman–Crippen MR) is 93.8 cm³/mol. The lowest BCUT2D eigenvalue weighted by Crippen LogP contribution is -2.33. The topological polar surface area (TPSA) is 55.2 Å². The lowest BCUT2D eigenvalue weighted by molar-refractivity contribution is 0.0746.